The van der Waals surface area contributed by atoms with E-state index in [1.807, 2.05) is 19.2 Å². The molecule has 0 aliphatic carbocycles. The average molecular weight is 270 g/mol. The van der Waals surface area contributed by atoms with Gasteiger partial charge < -0.3 is 14.8 Å². The molecule has 0 saturated heterocycles. The van der Waals surface area contributed by atoms with Gasteiger partial charge in [-0.05, 0) is 25.1 Å². The number of nitrogens with one attached hydrogen (secondary N) is 1. The molecule has 0 fully saturated rings. The number of hydrogen-bond acceptors (Lipinski definition) is 3. The summed E-state index contributed by atoms with van der Waals surface area (Å²) in [5.74, 6) is 1.55. The van der Waals surface area contributed by atoms with Gasteiger partial charge in [-0.1, -0.05) is 31.4 Å². The Hall–Kier alpha value is -0.930. The van der Waals surface area contributed by atoms with Crippen LogP contribution in [0.2, 0.25) is 5.02 Å². The summed E-state index contributed by atoms with van der Waals surface area (Å²) in [6.07, 6.45) is 3.43. The van der Waals surface area contributed by atoms with E-state index >= 15 is 0 Å². The van der Waals surface area contributed by atoms with Crippen molar-refractivity contribution in [3.8, 4) is 11.5 Å². The van der Waals surface area contributed by atoms with Crippen LogP contribution in [0.3, 0.4) is 0 Å². The summed E-state index contributed by atoms with van der Waals surface area (Å²) in [4.78, 5) is 0. The van der Waals surface area contributed by atoms with Crippen molar-refractivity contribution in [2.75, 3.05) is 20.3 Å². The number of unbranched alkanes of at least 4 members (excludes halogenated alkanes) is 1. The van der Waals surface area contributed by atoms with Crippen LogP contribution in [-0.2, 0) is 0 Å². The smallest absolute Gasteiger partial charge is 0.162 e. The Morgan fingerprint density at radius 2 is 1.94 bits per heavy atom. The van der Waals surface area contributed by atoms with Gasteiger partial charge in [-0.25, -0.2) is 0 Å². The van der Waals surface area contributed by atoms with Crippen LogP contribution < -0.4 is 14.8 Å². The van der Waals surface area contributed by atoms with Crippen molar-refractivity contribution in [3.63, 3.8) is 0 Å². The van der Waals surface area contributed by atoms with Crippen molar-refractivity contribution >= 4 is 11.6 Å². The third-order valence-corrected chi connectivity index (χ3v) is 3.56. The molecule has 18 heavy (non-hydrogen) atoms. The van der Waals surface area contributed by atoms with Gasteiger partial charge in [-0.3, -0.25) is 0 Å². The fourth-order valence-electron chi connectivity index (χ4n) is 2.21. The van der Waals surface area contributed by atoms with Crippen molar-refractivity contribution in [1.29, 1.82) is 0 Å². The van der Waals surface area contributed by atoms with Crippen molar-refractivity contribution in [3.05, 3.63) is 22.7 Å². The van der Waals surface area contributed by atoms with E-state index in [4.69, 9.17) is 21.1 Å². The average Bonchev–Trinajstić information content (AvgIpc) is 2.40. The SMILES string of the molecule is CCCCC(NC)c1cc2c(cc1Cl)OCCO2. The third-order valence-electron chi connectivity index (χ3n) is 3.23. The van der Waals surface area contributed by atoms with E-state index in [2.05, 4.69) is 12.2 Å². The van der Waals surface area contributed by atoms with Gasteiger partial charge >= 0.3 is 0 Å². The third kappa shape index (κ3) is 2.90. The lowest BCUT2D eigenvalue weighted by Gasteiger charge is -2.23. The number of hydrogen-bond donors (Lipinski definition) is 1. The molecule has 3 nitrogen and oxygen atoms in total. The maximum Gasteiger partial charge on any atom is 0.162 e. The Kier molecular flexibility index (Phi) is 4.72. The van der Waals surface area contributed by atoms with E-state index < -0.39 is 0 Å². The predicted octanol–water partition coefficient (Wildman–Crippen LogP) is 3.56. The number of halogens is 1. The minimum absolute atomic E-state index is 0.272. The zero-order valence-electron chi connectivity index (χ0n) is 11.0. The zero-order valence-corrected chi connectivity index (χ0v) is 11.7. The minimum atomic E-state index is 0.272. The highest BCUT2D eigenvalue weighted by molar-refractivity contribution is 6.31. The van der Waals surface area contributed by atoms with Gasteiger partial charge in [0.1, 0.15) is 13.2 Å². The maximum atomic E-state index is 6.34. The number of ether oxygens (including phenoxy) is 2. The summed E-state index contributed by atoms with van der Waals surface area (Å²) in [7, 11) is 1.97. The largest absolute Gasteiger partial charge is 0.486 e. The molecule has 1 unspecified atom stereocenters. The Morgan fingerprint density at radius 1 is 1.28 bits per heavy atom. The molecule has 1 aliphatic heterocycles. The van der Waals surface area contributed by atoms with Gasteiger partial charge in [0.15, 0.2) is 11.5 Å². The van der Waals surface area contributed by atoms with Crippen molar-refractivity contribution in [1.82, 2.24) is 5.32 Å². The fourth-order valence-corrected chi connectivity index (χ4v) is 2.50. The summed E-state index contributed by atoms with van der Waals surface area (Å²) in [6, 6.07) is 4.14. The summed E-state index contributed by atoms with van der Waals surface area (Å²) < 4.78 is 11.1. The molecule has 1 aromatic carbocycles. The highest BCUT2D eigenvalue weighted by Gasteiger charge is 2.19. The van der Waals surface area contributed by atoms with Gasteiger partial charge in [0, 0.05) is 17.1 Å². The summed E-state index contributed by atoms with van der Waals surface area (Å²) in [5.41, 5.74) is 1.09. The van der Waals surface area contributed by atoms with Gasteiger partial charge in [-0.2, -0.15) is 0 Å². The first kappa shape index (κ1) is 13.5. The molecule has 0 spiro atoms. The van der Waals surface area contributed by atoms with E-state index in [0.717, 1.165) is 28.5 Å². The van der Waals surface area contributed by atoms with E-state index in [9.17, 15) is 0 Å². The molecule has 0 radical (unpaired) electrons. The quantitative estimate of drug-likeness (QED) is 0.887. The van der Waals surface area contributed by atoms with Crippen LogP contribution in [0.15, 0.2) is 12.1 Å². The lowest BCUT2D eigenvalue weighted by Crippen LogP contribution is -2.19. The molecule has 1 aliphatic rings. The molecular formula is C14H20ClNO2. The number of benzene rings is 1. The van der Waals surface area contributed by atoms with E-state index in [1.165, 1.54) is 12.8 Å². The highest BCUT2D eigenvalue weighted by atomic mass is 35.5. The lowest BCUT2D eigenvalue weighted by molar-refractivity contribution is 0.171. The van der Waals surface area contributed by atoms with Crippen LogP contribution in [0, 0.1) is 0 Å². The molecule has 1 aromatic rings. The van der Waals surface area contributed by atoms with Gasteiger partial charge in [0.25, 0.3) is 0 Å². The molecule has 100 valence electrons. The Bertz CT molecular complexity index is 409. The molecule has 1 N–H and O–H groups in total. The van der Waals surface area contributed by atoms with Crippen molar-refractivity contribution < 1.29 is 9.47 Å². The molecule has 4 heteroatoms. The molecule has 0 aromatic heterocycles. The molecule has 1 atom stereocenters. The van der Waals surface area contributed by atoms with Gasteiger partial charge in [-0.15, -0.1) is 0 Å². The Morgan fingerprint density at radius 3 is 2.56 bits per heavy atom. The van der Waals surface area contributed by atoms with Gasteiger partial charge in [0.05, 0.1) is 0 Å². The number of rotatable bonds is 5. The second-order valence-electron chi connectivity index (χ2n) is 4.50. The van der Waals surface area contributed by atoms with Crippen LogP contribution in [-0.4, -0.2) is 20.3 Å². The maximum absolute atomic E-state index is 6.34. The topological polar surface area (TPSA) is 30.5 Å². The number of fused-ring (bicyclic) bond motifs is 1. The Labute approximate surface area is 113 Å². The minimum Gasteiger partial charge on any atom is -0.486 e. The second kappa shape index (κ2) is 6.30. The fraction of sp³-hybridized carbons (Fsp3) is 0.571. The summed E-state index contributed by atoms with van der Waals surface area (Å²) >= 11 is 6.34. The van der Waals surface area contributed by atoms with Crippen LogP contribution in [0.25, 0.3) is 0 Å². The zero-order chi connectivity index (χ0) is 13.0. The first-order valence-electron chi connectivity index (χ1n) is 6.52. The molecule has 0 bridgehead atoms. The van der Waals surface area contributed by atoms with Crippen LogP contribution in [0.1, 0.15) is 37.8 Å². The van der Waals surface area contributed by atoms with Crippen LogP contribution in [0.4, 0.5) is 0 Å². The first-order valence-corrected chi connectivity index (χ1v) is 6.90. The Balaban J connectivity index is 2.25. The van der Waals surface area contributed by atoms with Crippen LogP contribution in [0.5, 0.6) is 11.5 Å². The normalized spacial score (nSPS) is 15.5. The molecule has 1 heterocycles. The second-order valence-corrected chi connectivity index (χ2v) is 4.91. The monoisotopic (exact) mass is 269 g/mol. The lowest BCUT2D eigenvalue weighted by atomic mass is 10.0. The standard InChI is InChI=1S/C14H20ClNO2/c1-3-4-5-12(16-2)10-8-13-14(9-11(10)15)18-7-6-17-13/h8-9,12,16H,3-7H2,1-2H3. The first-order chi connectivity index (χ1) is 8.76. The van der Waals surface area contributed by atoms with E-state index in [1.54, 1.807) is 0 Å². The van der Waals surface area contributed by atoms with Crippen LogP contribution >= 0.6 is 11.6 Å². The molecule has 0 amide bonds. The van der Waals surface area contributed by atoms with Gasteiger partial charge in [0.2, 0.25) is 0 Å². The van der Waals surface area contributed by atoms with E-state index in [0.29, 0.717) is 13.2 Å². The summed E-state index contributed by atoms with van der Waals surface area (Å²) in [5, 5.41) is 4.07. The molecule has 0 saturated carbocycles. The molecule has 2 rings (SSSR count). The predicted molar refractivity (Wildman–Crippen MR) is 73.8 cm³/mol. The van der Waals surface area contributed by atoms with Crippen molar-refractivity contribution in [2.24, 2.45) is 0 Å². The van der Waals surface area contributed by atoms with Crippen molar-refractivity contribution in [2.45, 2.75) is 32.2 Å². The highest BCUT2D eigenvalue weighted by Crippen LogP contribution is 2.38. The van der Waals surface area contributed by atoms with E-state index in [-0.39, 0.29) is 6.04 Å². The molecular weight excluding hydrogens is 250 g/mol. The summed E-state index contributed by atoms with van der Waals surface area (Å²) in [6.45, 7) is 3.39.